The number of hydrogen-bond donors (Lipinski definition) is 2. The fourth-order valence-electron chi connectivity index (χ4n) is 2.56. The molecule has 0 unspecified atom stereocenters. The maximum Gasteiger partial charge on any atom is 0.279 e. The Balaban J connectivity index is 1.57. The number of hydrogen-bond acceptors (Lipinski definition) is 5. The highest BCUT2D eigenvalue weighted by Crippen LogP contribution is 2.22. The van der Waals surface area contributed by atoms with E-state index in [0.29, 0.717) is 10.5 Å². The highest BCUT2D eigenvalue weighted by Gasteiger charge is 2.17. The molecule has 1 aromatic carbocycles. The summed E-state index contributed by atoms with van der Waals surface area (Å²) in [6.07, 6.45) is 3.05. The van der Waals surface area contributed by atoms with Gasteiger partial charge < -0.3 is 0 Å². The number of carbonyl (C=O) groups excluding carboxylic acids is 2. The summed E-state index contributed by atoms with van der Waals surface area (Å²) >= 11 is 4.57. The molecule has 4 rings (SSSR count). The van der Waals surface area contributed by atoms with E-state index in [2.05, 4.69) is 36.9 Å². The zero-order valence-electron chi connectivity index (χ0n) is 13.7. The minimum atomic E-state index is -0.494. The average molecular weight is 442 g/mol. The van der Waals surface area contributed by atoms with Crippen LogP contribution in [0.4, 0.5) is 0 Å². The number of nitrogens with zero attached hydrogens (tertiary/aromatic N) is 3. The van der Waals surface area contributed by atoms with Gasteiger partial charge in [-0.3, -0.25) is 20.4 Å². The van der Waals surface area contributed by atoms with E-state index in [-0.39, 0.29) is 5.56 Å². The molecule has 134 valence electrons. The van der Waals surface area contributed by atoms with Crippen LogP contribution >= 0.6 is 27.3 Å². The van der Waals surface area contributed by atoms with Crippen molar-refractivity contribution in [1.29, 1.82) is 0 Å². The molecule has 0 atom stereocenters. The van der Waals surface area contributed by atoms with E-state index in [4.69, 9.17) is 0 Å². The largest absolute Gasteiger partial charge is 0.279 e. The van der Waals surface area contributed by atoms with Gasteiger partial charge in [-0.25, -0.2) is 9.50 Å². The third-order valence-corrected chi connectivity index (χ3v) is 5.42. The number of benzene rings is 1. The molecule has 0 fully saturated rings. The minimum Gasteiger partial charge on any atom is -0.267 e. The van der Waals surface area contributed by atoms with Gasteiger partial charge in [-0.05, 0) is 34.1 Å². The van der Waals surface area contributed by atoms with E-state index < -0.39 is 11.8 Å². The lowest BCUT2D eigenvalue weighted by Crippen LogP contribution is -2.41. The maximum absolute atomic E-state index is 12.5. The van der Waals surface area contributed by atoms with Crippen molar-refractivity contribution in [3.8, 4) is 11.3 Å². The van der Waals surface area contributed by atoms with Gasteiger partial charge in [-0.15, -0.1) is 11.3 Å². The first-order valence-corrected chi connectivity index (χ1v) is 9.48. The highest BCUT2D eigenvalue weighted by atomic mass is 79.9. The second-order valence-electron chi connectivity index (χ2n) is 5.50. The smallest absolute Gasteiger partial charge is 0.267 e. The average Bonchev–Trinajstić information content (AvgIpc) is 3.32. The Morgan fingerprint density at radius 2 is 1.78 bits per heavy atom. The van der Waals surface area contributed by atoms with Crippen LogP contribution < -0.4 is 10.9 Å². The lowest BCUT2D eigenvalue weighted by atomic mass is 10.1. The summed E-state index contributed by atoms with van der Waals surface area (Å²) in [5.41, 5.74) is 7.24. The molecule has 7 nitrogen and oxygen atoms in total. The second-order valence-corrected chi connectivity index (χ2v) is 7.96. The minimum absolute atomic E-state index is 0.264. The summed E-state index contributed by atoms with van der Waals surface area (Å²) in [6, 6.07) is 15.0. The van der Waals surface area contributed by atoms with Gasteiger partial charge in [-0.2, -0.15) is 5.10 Å². The molecule has 0 bridgehead atoms. The number of carbonyl (C=O) groups is 2. The third-order valence-electron chi connectivity index (χ3n) is 3.80. The summed E-state index contributed by atoms with van der Waals surface area (Å²) < 4.78 is 2.43. The van der Waals surface area contributed by atoms with E-state index in [1.54, 1.807) is 22.8 Å². The van der Waals surface area contributed by atoms with Gasteiger partial charge in [0.1, 0.15) is 5.56 Å². The number of halogens is 1. The van der Waals surface area contributed by atoms with E-state index in [0.717, 1.165) is 15.0 Å². The lowest BCUT2D eigenvalue weighted by Gasteiger charge is -2.06. The van der Waals surface area contributed by atoms with E-state index in [1.807, 2.05) is 36.4 Å². The van der Waals surface area contributed by atoms with Gasteiger partial charge in [0.15, 0.2) is 5.65 Å². The molecule has 27 heavy (non-hydrogen) atoms. The first-order valence-electron chi connectivity index (χ1n) is 7.87. The number of fused-ring (bicyclic) bond motifs is 1. The van der Waals surface area contributed by atoms with Crippen LogP contribution in [0.25, 0.3) is 16.9 Å². The fraction of sp³-hybridized carbons (Fsp3) is 0. The van der Waals surface area contributed by atoms with Gasteiger partial charge in [0, 0.05) is 11.8 Å². The Morgan fingerprint density at radius 3 is 2.52 bits per heavy atom. The molecule has 3 heterocycles. The number of rotatable bonds is 3. The molecule has 0 aliphatic rings. The molecule has 0 spiro atoms. The molecular weight excluding hydrogens is 430 g/mol. The highest BCUT2D eigenvalue weighted by molar-refractivity contribution is 9.11. The molecule has 0 aliphatic carbocycles. The number of nitrogens with one attached hydrogen (secondary N) is 2. The van der Waals surface area contributed by atoms with Crippen LogP contribution in [0.3, 0.4) is 0 Å². The Morgan fingerprint density at radius 1 is 1.00 bits per heavy atom. The van der Waals surface area contributed by atoms with E-state index >= 15 is 0 Å². The van der Waals surface area contributed by atoms with Gasteiger partial charge >= 0.3 is 0 Å². The Kier molecular flexibility index (Phi) is 4.69. The molecular formula is C18H12BrN5O2S. The van der Waals surface area contributed by atoms with Crippen molar-refractivity contribution in [3.63, 3.8) is 0 Å². The molecule has 2 N–H and O–H groups in total. The quantitative estimate of drug-likeness (QED) is 0.477. The van der Waals surface area contributed by atoms with Crippen molar-refractivity contribution in [1.82, 2.24) is 25.4 Å². The number of hydrazine groups is 1. The Hall–Kier alpha value is -3.04. The first-order chi connectivity index (χ1) is 13.1. The molecule has 9 heteroatoms. The standard InChI is InChI=1S/C18H12BrN5O2S/c19-15-7-6-14(27-15)18(26)23-22-17(25)12-10-21-24-13(8-9-20-16(12)24)11-4-2-1-3-5-11/h1-10H,(H,22,25)(H,23,26). The van der Waals surface area contributed by atoms with Crippen LogP contribution in [0.2, 0.25) is 0 Å². The van der Waals surface area contributed by atoms with Crippen molar-refractivity contribution >= 4 is 44.7 Å². The topological polar surface area (TPSA) is 88.4 Å². The first kappa shape index (κ1) is 17.4. The molecule has 0 radical (unpaired) electrons. The van der Waals surface area contributed by atoms with E-state index in [1.165, 1.54) is 17.5 Å². The van der Waals surface area contributed by atoms with Crippen molar-refractivity contribution < 1.29 is 9.59 Å². The maximum atomic E-state index is 12.5. The predicted octanol–water partition coefficient (Wildman–Crippen LogP) is 3.30. The summed E-state index contributed by atoms with van der Waals surface area (Å²) in [5, 5.41) is 4.28. The van der Waals surface area contributed by atoms with Crippen LogP contribution in [0.15, 0.2) is 64.7 Å². The molecule has 0 saturated heterocycles. The number of amides is 2. The van der Waals surface area contributed by atoms with Gasteiger partial charge in [0.2, 0.25) is 0 Å². The van der Waals surface area contributed by atoms with Crippen molar-refractivity contribution in [2.75, 3.05) is 0 Å². The SMILES string of the molecule is O=C(NNC(=O)c1cnn2c(-c3ccccc3)ccnc12)c1ccc(Br)s1. The predicted molar refractivity (Wildman–Crippen MR) is 105 cm³/mol. The van der Waals surface area contributed by atoms with Gasteiger partial charge in [0.25, 0.3) is 11.8 Å². The summed E-state index contributed by atoms with van der Waals surface area (Å²) in [4.78, 5) is 29.3. The summed E-state index contributed by atoms with van der Waals surface area (Å²) in [6.45, 7) is 0. The molecule has 0 saturated carbocycles. The fourth-order valence-corrected chi connectivity index (χ4v) is 3.84. The second kappa shape index (κ2) is 7.29. The van der Waals surface area contributed by atoms with Gasteiger partial charge in [-0.1, -0.05) is 30.3 Å². The monoisotopic (exact) mass is 441 g/mol. The van der Waals surface area contributed by atoms with Crippen LogP contribution in [0.5, 0.6) is 0 Å². The molecule has 0 aliphatic heterocycles. The van der Waals surface area contributed by atoms with Crippen molar-refractivity contribution in [3.05, 3.63) is 75.2 Å². The third kappa shape index (κ3) is 3.46. The lowest BCUT2D eigenvalue weighted by molar-refractivity contribution is 0.0849. The molecule has 3 aromatic heterocycles. The zero-order chi connectivity index (χ0) is 18.8. The Labute approximate surface area is 166 Å². The Bertz CT molecular complexity index is 1140. The molecule has 4 aromatic rings. The van der Waals surface area contributed by atoms with Gasteiger partial charge in [0.05, 0.1) is 20.6 Å². The van der Waals surface area contributed by atoms with Crippen molar-refractivity contribution in [2.24, 2.45) is 0 Å². The van der Waals surface area contributed by atoms with E-state index in [9.17, 15) is 9.59 Å². The van der Waals surface area contributed by atoms with Crippen LogP contribution in [0, 0.1) is 0 Å². The van der Waals surface area contributed by atoms with Crippen molar-refractivity contribution in [2.45, 2.75) is 0 Å². The summed E-state index contributed by atoms with van der Waals surface area (Å²) in [7, 11) is 0. The zero-order valence-corrected chi connectivity index (χ0v) is 16.1. The van der Waals surface area contributed by atoms with Crippen LogP contribution in [-0.4, -0.2) is 26.4 Å². The number of aromatic nitrogens is 3. The molecule has 2 amide bonds. The summed E-state index contributed by atoms with van der Waals surface area (Å²) in [5.74, 6) is -0.889. The normalized spacial score (nSPS) is 10.7. The van der Waals surface area contributed by atoms with Crippen LogP contribution in [0.1, 0.15) is 20.0 Å². The number of thiophene rings is 1. The van der Waals surface area contributed by atoms with Crippen LogP contribution in [-0.2, 0) is 0 Å².